The van der Waals surface area contributed by atoms with Crippen LogP contribution in [0.3, 0.4) is 0 Å². The van der Waals surface area contributed by atoms with Gasteiger partial charge in [-0.2, -0.15) is 9.97 Å². The van der Waals surface area contributed by atoms with E-state index in [9.17, 15) is 9.59 Å². The molecule has 0 spiro atoms. The fraction of sp³-hybridized carbons (Fsp3) is 0.344. The highest BCUT2D eigenvalue weighted by Crippen LogP contribution is 2.35. The Morgan fingerprint density at radius 2 is 0.987 bits per heavy atom. The number of ether oxygens (including phenoxy) is 3. The fourth-order valence-corrected chi connectivity index (χ4v) is 10.4. The molecule has 1 N–H and O–H groups in total. The number of methoxy groups -OCH3 is 2. The molecule has 6 aromatic carbocycles. The Hall–Kier alpha value is -7.62. The Labute approximate surface area is 457 Å². The van der Waals surface area contributed by atoms with Gasteiger partial charge >= 0.3 is 11.9 Å². The quantitative estimate of drug-likeness (QED) is 0.0806. The smallest absolute Gasteiger partial charge is 0.307 e. The summed E-state index contributed by atoms with van der Waals surface area (Å²) in [5.41, 5.74) is 17.5. The highest BCUT2D eigenvalue weighted by Gasteiger charge is 2.24. The molecule has 78 heavy (non-hydrogen) atoms. The van der Waals surface area contributed by atoms with E-state index in [1.54, 1.807) is 14.2 Å². The first-order valence-electron chi connectivity index (χ1n) is 27.0. The average Bonchev–Trinajstić information content (AvgIpc) is 4.16. The summed E-state index contributed by atoms with van der Waals surface area (Å²) < 4.78 is 28.0. The minimum absolute atomic E-state index is 0.150. The zero-order valence-electron chi connectivity index (χ0n) is 45.9. The van der Waals surface area contributed by atoms with Gasteiger partial charge in [0.25, 0.3) is 11.8 Å². The van der Waals surface area contributed by atoms with Crippen molar-refractivity contribution in [1.29, 1.82) is 0 Å². The van der Waals surface area contributed by atoms with E-state index < -0.39 is 11.6 Å². The molecule has 0 aliphatic carbocycles. The molecule has 2 aliphatic rings. The van der Waals surface area contributed by atoms with Crippen molar-refractivity contribution in [2.75, 3.05) is 40.4 Å². The van der Waals surface area contributed by atoms with Crippen molar-refractivity contribution >= 4 is 11.9 Å². The molecule has 2 aliphatic heterocycles. The van der Waals surface area contributed by atoms with Gasteiger partial charge in [-0.1, -0.05) is 109 Å². The maximum atomic E-state index is 12.2. The number of carbonyl (C=O) groups is 2. The average molecular weight is 1050 g/mol. The standard InChI is InChI=1S/C34H39N3O4.C30H31N3O4/c1-6-23-9-7-8-10-29(23)30-14-13-26(20-28(30)22-39-5)33-35-32(36-41-33)25-12-11-24-15-17-37(21-27(24)19-25)18-16-31(38)40-34(2,3)4;1-3-20-6-4-5-7-26(20)27-11-10-23(17-25(27)19-36-2)30-31-29(32-37-30)22-9-8-21-12-14-33(15-13-28(34)35)18-24(21)16-22/h7-14,19-20H,6,15-18,21-22H2,1-5H3;4-11,16-17H,3,12-15,18-19H2,1-2H3,(H,34,35). The van der Waals surface area contributed by atoms with Gasteiger partial charge in [-0.25, -0.2) is 0 Å². The van der Waals surface area contributed by atoms with Crippen LogP contribution in [0.5, 0.6) is 0 Å². The molecule has 8 aromatic rings. The third kappa shape index (κ3) is 13.5. The molecule has 10 rings (SSSR count). The number of aryl methyl sites for hydroxylation is 2. The monoisotopic (exact) mass is 1050 g/mol. The first-order valence-corrected chi connectivity index (χ1v) is 27.0. The first-order chi connectivity index (χ1) is 37.8. The number of esters is 1. The summed E-state index contributed by atoms with van der Waals surface area (Å²) in [4.78, 5) is 37.1. The zero-order valence-corrected chi connectivity index (χ0v) is 45.9. The Morgan fingerprint density at radius 1 is 0.551 bits per heavy atom. The molecule has 0 atom stereocenters. The van der Waals surface area contributed by atoms with Crippen LogP contribution in [0, 0.1) is 0 Å². The normalized spacial score (nSPS) is 13.6. The highest BCUT2D eigenvalue weighted by atomic mass is 16.6. The van der Waals surface area contributed by atoms with Crippen LogP contribution in [0.15, 0.2) is 130 Å². The van der Waals surface area contributed by atoms with E-state index in [4.69, 9.17) is 38.3 Å². The van der Waals surface area contributed by atoms with Crippen LogP contribution in [0.4, 0.5) is 0 Å². The number of benzene rings is 6. The highest BCUT2D eigenvalue weighted by molar-refractivity contribution is 5.76. The number of carboxylic acids is 1. The Kier molecular flexibility index (Phi) is 17.8. The summed E-state index contributed by atoms with van der Waals surface area (Å²) in [6.07, 6.45) is 4.29. The Morgan fingerprint density at radius 3 is 1.42 bits per heavy atom. The van der Waals surface area contributed by atoms with Crippen molar-refractivity contribution in [2.45, 2.75) is 105 Å². The molecule has 0 bridgehead atoms. The van der Waals surface area contributed by atoms with Crippen LogP contribution in [-0.4, -0.2) is 93.1 Å². The molecule has 0 saturated carbocycles. The van der Waals surface area contributed by atoms with Crippen molar-refractivity contribution in [2.24, 2.45) is 0 Å². The molecule has 14 nitrogen and oxygen atoms in total. The van der Waals surface area contributed by atoms with E-state index >= 15 is 0 Å². The molecular formula is C64H70N6O8. The molecular weight excluding hydrogens is 981 g/mol. The van der Waals surface area contributed by atoms with E-state index in [1.165, 1.54) is 44.5 Å². The maximum Gasteiger partial charge on any atom is 0.307 e. The van der Waals surface area contributed by atoms with Crippen molar-refractivity contribution in [1.82, 2.24) is 30.1 Å². The maximum absolute atomic E-state index is 12.2. The molecule has 404 valence electrons. The second-order valence-corrected chi connectivity index (χ2v) is 21.0. The van der Waals surface area contributed by atoms with Crippen LogP contribution in [0.1, 0.15) is 92.0 Å². The van der Waals surface area contributed by atoms with Gasteiger partial charge in [0.05, 0.1) is 26.1 Å². The topological polar surface area (TPSA) is 166 Å². The van der Waals surface area contributed by atoms with Crippen molar-refractivity contribution < 1.29 is 38.0 Å². The van der Waals surface area contributed by atoms with Crippen LogP contribution >= 0.6 is 0 Å². The van der Waals surface area contributed by atoms with Crippen LogP contribution < -0.4 is 0 Å². The van der Waals surface area contributed by atoms with E-state index in [0.29, 0.717) is 56.2 Å². The number of aliphatic carboxylic acids is 1. The summed E-state index contributed by atoms with van der Waals surface area (Å²) in [6, 6.07) is 41.9. The molecule has 0 amide bonds. The van der Waals surface area contributed by atoms with Gasteiger partial charge in [0.1, 0.15) is 5.60 Å². The number of hydrogen-bond donors (Lipinski definition) is 1. The molecule has 2 aromatic heterocycles. The molecule has 0 saturated heterocycles. The molecule has 14 heteroatoms. The predicted octanol–water partition coefficient (Wildman–Crippen LogP) is 12.5. The van der Waals surface area contributed by atoms with Gasteiger partial charge in [-0.05, 0) is 150 Å². The molecule has 4 heterocycles. The first kappa shape index (κ1) is 55.1. The van der Waals surface area contributed by atoms with E-state index in [-0.39, 0.29) is 12.4 Å². The van der Waals surface area contributed by atoms with Gasteiger partial charge in [-0.3, -0.25) is 19.4 Å². The SMILES string of the molecule is CCc1ccccc1-c1ccc(-c2nc(-c3ccc4c(c3)CN(CCC(=O)O)CC4)no2)cc1COC.CCc1ccccc1-c1ccc(-c2nc(-c3ccc4c(c3)CN(CCC(=O)OC(C)(C)C)CC4)no2)cc1COC. The third-order valence-electron chi connectivity index (χ3n) is 14.3. The number of fused-ring (bicyclic) bond motifs is 2. The van der Waals surface area contributed by atoms with Gasteiger partial charge < -0.3 is 28.4 Å². The number of aromatic nitrogens is 4. The summed E-state index contributed by atoms with van der Waals surface area (Å²) >= 11 is 0. The number of hydrogen-bond acceptors (Lipinski definition) is 13. The Balaban J connectivity index is 0.000000191. The molecule has 0 fully saturated rings. The zero-order chi connectivity index (χ0) is 54.8. The lowest BCUT2D eigenvalue weighted by Gasteiger charge is -2.29. The van der Waals surface area contributed by atoms with Crippen molar-refractivity contribution in [3.05, 3.63) is 166 Å². The number of carbonyl (C=O) groups excluding carboxylic acids is 1. The van der Waals surface area contributed by atoms with Gasteiger partial charge in [-0.15, -0.1) is 0 Å². The van der Waals surface area contributed by atoms with Crippen molar-refractivity contribution in [3.63, 3.8) is 0 Å². The minimum Gasteiger partial charge on any atom is -0.481 e. The second kappa shape index (κ2) is 25.2. The lowest BCUT2D eigenvalue weighted by atomic mass is 9.93. The van der Waals surface area contributed by atoms with Crippen LogP contribution in [-0.2, 0) is 75.8 Å². The van der Waals surface area contributed by atoms with Gasteiger partial charge in [0, 0.05) is 75.7 Å². The fourth-order valence-electron chi connectivity index (χ4n) is 10.4. The van der Waals surface area contributed by atoms with Gasteiger partial charge in [0.2, 0.25) is 11.6 Å². The third-order valence-corrected chi connectivity index (χ3v) is 14.3. The number of rotatable bonds is 18. The Bertz CT molecular complexity index is 3370. The lowest BCUT2D eigenvalue weighted by molar-refractivity contribution is -0.155. The second-order valence-electron chi connectivity index (χ2n) is 21.0. The lowest BCUT2D eigenvalue weighted by Crippen LogP contribution is -2.33. The largest absolute Gasteiger partial charge is 0.481 e. The van der Waals surface area contributed by atoms with Crippen LogP contribution in [0.25, 0.3) is 67.9 Å². The number of nitrogens with zero attached hydrogens (tertiary/aromatic N) is 6. The predicted molar refractivity (Wildman–Crippen MR) is 302 cm³/mol. The summed E-state index contributed by atoms with van der Waals surface area (Å²) in [5.74, 6) is 1.10. The summed E-state index contributed by atoms with van der Waals surface area (Å²) in [6.45, 7) is 15.5. The van der Waals surface area contributed by atoms with Gasteiger partial charge in [0.15, 0.2) is 0 Å². The van der Waals surface area contributed by atoms with E-state index in [1.807, 2.05) is 39.0 Å². The summed E-state index contributed by atoms with van der Waals surface area (Å²) in [5, 5.41) is 17.6. The van der Waals surface area contributed by atoms with Crippen molar-refractivity contribution in [3.8, 4) is 67.9 Å². The number of carboxylic acid groups (broad SMARTS) is 1. The minimum atomic E-state index is -0.768. The molecule has 0 radical (unpaired) electrons. The van der Waals surface area contributed by atoms with Crippen LogP contribution in [0.2, 0.25) is 0 Å². The van der Waals surface area contributed by atoms with E-state index in [2.05, 4.69) is 137 Å². The van der Waals surface area contributed by atoms with E-state index in [0.717, 1.165) is 96.4 Å². The molecule has 0 unspecified atom stereocenters. The summed E-state index contributed by atoms with van der Waals surface area (Å²) in [7, 11) is 3.41.